The zero-order chi connectivity index (χ0) is 24.1. The van der Waals surface area contributed by atoms with Crippen molar-refractivity contribution in [3.8, 4) is 0 Å². The molecule has 0 aliphatic carbocycles. The predicted molar refractivity (Wildman–Crippen MR) is 132 cm³/mol. The van der Waals surface area contributed by atoms with Gasteiger partial charge in [0.05, 0.1) is 26.6 Å². The predicted octanol–water partition coefficient (Wildman–Crippen LogP) is 3.79. The molecule has 174 valence electrons. The Bertz CT molecular complexity index is 1370. The van der Waals surface area contributed by atoms with Crippen LogP contribution in [0.15, 0.2) is 58.3 Å². The third-order valence-corrected chi connectivity index (χ3v) is 7.55. The first kappa shape index (κ1) is 23.7. The molecule has 0 fully saturated rings. The highest BCUT2D eigenvalue weighted by atomic mass is 32.2. The highest BCUT2D eigenvalue weighted by Gasteiger charge is 2.16. The van der Waals surface area contributed by atoms with Gasteiger partial charge in [0.1, 0.15) is 12.0 Å². The molecule has 0 bridgehead atoms. The number of carbonyl (C=O) groups is 2. The number of aromatic nitrogens is 4. The summed E-state index contributed by atoms with van der Waals surface area (Å²) in [5, 5.41) is 24.9. The standard InChI is InChI=1S/C20H17N7O4S3/c1-26-11-21-25-19(26)32-9-17(28)22-12-6-7-14-16(8-12)34-20(24-14)33-10-18(29)23-13-4-2-3-5-15(13)27(30)31/h2-8,11H,9-10H2,1H3,(H,22,28)(H,23,29). The summed E-state index contributed by atoms with van der Waals surface area (Å²) in [5.41, 5.74) is 1.38. The van der Waals surface area contributed by atoms with E-state index in [0.29, 0.717) is 15.2 Å². The fraction of sp³-hybridized carbons (Fsp3) is 0.150. The molecule has 2 aromatic heterocycles. The maximum absolute atomic E-state index is 12.3. The van der Waals surface area contributed by atoms with Crippen molar-refractivity contribution in [2.45, 2.75) is 9.50 Å². The molecule has 2 heterocycles. The molecule has 0 atom stereocenters. The molecule has 14 heteroatoms. The number of thioether (sulfide) groups is 2. The molecule has 0 radical (unpaired) electrons. The number of fused-ring (bicyclic) bond motifs is 1. The Morgan fingerprint density at radius 3 is 2.65 bits per heavy atom. The second-order valence-electron chi connectivity index (χ2n) is 6.83. The number of thiazole rings is 1. The summed E-state index contributed by atoms with van der Waals surface area (Å²) in [6.45, 7) is 0. The van der Waals surface area contributed by atoms with Crippen molar-refractivity contribution in [1.82, 2.24) is 19.7 Å². The second-order valence-corrected chi connectivity index (χ2v) is 10.0. The van der Waals surface area contributed by atoms with Gasteiger partial charge in [-0.2, -0.15) is 0 Å². The van der Waals surface area contributed by atoms with E-state index in [1.165, 1.54) is 53.1 Å². The van der Waals surface area contributed by atoms with Crippen LogP contribution in [0.2, 0.25) is 0 Å². The largest absolute Gasteiger partial charge is 0.325 e. The first-order valence-electron chi connectivity index (χ1n) is 9.72. The fourth-order valence-corrected chi connectivity index (χ4v) is 5.42. The SMILES string of the molecule is Cn1cnnc1SCC(=O)Nc1ccc2nc(SCC(=O)Nc3ccccc3[N+](=O)[O-])sc2c1. The molecule has 0 unspecified atom stereocenters. The number of rotatable bonds is 9. The number of benzene rings is 2. The van der Waals surface area contributed by atoms with Crippen LogP contribution in [0.5, 0.6) is 0 Å². The van der Waals surface area contributed by atoms with Crippen LogP contribution in [0.3, 0.4) is 0 Å². The number of nitro benzene ring substituents is 1. The Balaban J connectivity index is 1.33. The van der Waals surface area contributed by atoms with Crippen molar-refractivity contribution in [2.75, 3.05) is 22.1 Å². The maximum Gasteiger partial charge on any atom is 0.292 e. The van der Waals surface area contributed by atoms with Gasteiger partial charge in [-0.3, -0.25) is 19.7 Å². The molecular formula is C20H17N7O4S3. The quantitative estimate of drug-likeness (QED) is 0.193. The molecule has 4 rings (SSSR count). The Labute approximate surface area is 205 Å². The van der Waals surface area contributed by atoms with E-state index in [4.69, 9.17) is 0 Å². The van der Waals surface area contributed by atoms with Gasteiger partial charge in [-0.05, 0) is 24.3 Å². The van der Waals surface area contributed by atoms with Gasteiger partial charge in [-0.25, -0.2) is 4.98 Å². The minimum absolute atomic E-state index is 0.0503. The number of nitro groups is 1. The van der Waals surface area contributed by atoms with E-state index in [1.807, 2.05) is 13.1 Å². The zero-order valence-electron chi connectivity index (χ0n) is 17.6. The molecule has 0 spiro atoms. The molecule has 11 nitrogen and oxygen atoms in total. The number of carbonyl (C=O) groups excluding carboxylic acids is 2. The lowest BCUT2D eigenvalue weighted by atomic mass is 10.2. The highest BCUT2D eigenvalue weighted by molar-refractivity contribution is 8.01. The fourth-order valence-electron chi connectivity index (χ4n) is 2.83. The molecule has 0 saturated heterocycles. The number of nitrogens with one attached hydrogen (secondary N) is 2. The van der Waals surface area contributed by atoms with Crippen LogP contribution in [0, 0.1) is 10.1 Å². The van der Waals surface area contributed by atoms with Crippen LogP contribution in [0.1, 0.15) is 0 Å². The van der Waals surface area contributed by atoms with Crippen LogP contribution in [0.4, 0.5) is 17.1 Å². The number of hydrogen-bond acceptors (Lipinski definition) is 10. The molecule has 0 aliphatic rings. The number of hydrogen-bond donors (Lipinski definition) is 2. The lowest BCUT2D eigenvalue weighted by Crippen LogP contribution is -2.15. The van der Waals surface area contributed by atoms with Gasteiger partial charge in [-0.15, -0.1) is 21.5 Å². The minimum atomic E-state index is -0.541. The summed E-state index contributed by atoms with van der Waals surface area (Å²) in [6.07, 6.45) is 1.57. The summed E-state index contributed by atoms with van der Waals surface area (Å²) in [6, 6.07) is 11.4. The number of aryl methyl sites for hydroxylation is 1. The maximum atomic E-state index is 12.3. The Morgan fingerprint density at radius 1 is 1.12 bits per heavy atom. The molecule has 2 aromatic carbocycles. The van der Waals surface area contributed by atoms with Crippen molar-refractivity contribution < 1.29 is 14.5 Å². The van der Waals surface area contributed by atoms with Crippen molar-refractivity contribution in [2.24, 2.45) is 7.05 Å². The van der Waals surface area contributed by atoms with Gasteiger partial charge >= 0.3 is 0 Å². The first-order valence-corrected chi connectivity index (χ1v) is 12.5. The highest BCUT2D eigenvalue weighted by Crippen LogP contribution is 2.32. The van der Waals surface area contributed by atoms with Gasteiger partial charge in [0.2, 0.25) is 11.8 Å². The summed E-state index contributed by atoms with van der Waals surface area (Å²) >= 11 is 3.92. The van der Waals surface area contributed by atoms with E-state index in [2.05, 4.69) is 25.8 Å². The van der Waals surface area contributed by atoms with Crippen LogP contribution < -0.4 is 10.6 Å². The van der Waals surface area contributed by atoms with Gasteiger partial charge in [-0.1, -0.05) is 35.7 Å². The third-order valence-electron chi connectivity index (χ3n) is 4.36. The Kier molecular flexibility index (Phi) is 7.40. The number of anilines is 2. The van der Waals surface area contributed by atoms with Crippen LogP contribution in [-0.4, -0.2) is 48.0 Å². The third kappa shape index (κ3) is 5.89. The van der Waals surface area contributed by atoms with Crippen molar-refractivity contribution in [1.29, 1.82) is 0 Å². The van der Waals surface area contributed by atoms with E-state index in [-0.39, 0.29) is 34.7 Å². The molecule has 2 amide bonds. The smallest absolute Gasteiger partial charge is 0.292 e. The normalized spacial score (nSPS) is 10.9. The Hall–Kier alpha value is -3.49. The summed E-state index contributed by atoms with van der Waals surface area (Å²) < 4.78 is 3.27. The molecule has 0 saturated carbocycles. The van der Waals surface area contributed by atoms with E-state index < -0.39 is 4.92 Å². The van der Waals surface area contributed by atoms with E-state index in [9.17, 15) is 19.7 Å². The topological polar surface area (TPSA) is 145 Å². The second kappa shape index (κ2) is 10.6. The zero-order valence-corrected chi connectivity index (χ0v) is 20.1. The Morgan fingerprint density at radius 2 is 1.88 bits per heavy atom. The van der Waals surface area contributed by atoms with Crippen molar-refractivity contribution >= 4 is 74.0 Å². The van der Waals surface area contributed by atoms with Crippen molar-refractivity contribution in [3.63, 3.8) is 0 Å². The van der Waals surface area contributed by atoms with Gasteiger partial charge in [0.25, 0.3) is 5.69 Å². The van der Waals surface area contributed by atoms with Gasteiger partial charge in [0, 0.05) is 18.8 Å². The summed E-state index contributed by atoms with van der Waals surface area (Å²) in [4.78, 5) is 39.6. The lowest BCUT2D eigenvalue weighted by molar-refractivity contribution is -0.383. The average Bonchev–Trinajstić information content (AvgIpc) is 3.41. The molecule has 2 N–H and O–H groups in total. The summed E-state index contributed by atoms with van der Waals surface area (Å²) in [5.74, 6) is -0.289. The first-order chi connectivity index (χ1) is 16.4. The monoisotopic (exact) mass is 515 g/mol. The summed E-state index contributed by atoms with van der Waals surface area (Å²) in [7, 11) is 1.81. The minimum Gasteiger partial charge on any atom is -0.325 e. The van der Waals surface area contributed by atoms with Gasteiger partial charge < -0.3 is 15.2 Å². The number of nitrogens with zero attached hydrogens (tertiary/aromatic N) is 5. The lowest BCUT2D eigenvalue weighted by Gasteiger charge is -2.04. The van der Waals surface area contributed by atoms with Crippen LogP contribution in [0.25, 0.3) is 10.2 Å². The van der Waals surface area contributed by atoms with Crippen molar-refractivity contribution in [3.05, 3.63) is 58.9 Å². The molecular weight excluding hydrogens is 498 g/mol. The molecule has 34 heavy (non-hydrogen) atoms. The molecule has 0 aliphatic heterocycles. The van der Waals surface area contributed by atoms with Gasteiger partial charge in [0.15, 0.2) is 9.50 Å². The van der Waals surface area contributed by atoms with E-state index in [1.54, 1.807) is 29.1 Å². The van der Waals surface area contributed by atoms with E-state index >= 15 is 0 Å². The number of amides is 2. The van der Waals surface area contributed by atoms with Crippen LogP contribution in [-0.2, 0) is 16.6 Å². The molecule has 4 aromatic rings. The average molecular weight is 516 g/mol. The number of para-hydroxylation sites is 2. The van der Waals surface area contributed by atoms with Crippen LogP contribution >= 0.6 is 34.9 Å². The van der Waals surface area contributed by atoms with E-state index in [0.717, 1.165) is 10.2 Å².